The maximum Gasteiger partial charge on any atom is 0.220 e. The van der Waals surface area contributed by atoms with E-state index in [1.54, 1.807) is 0 Å². The van der Waals surface area contributed by atoms with Crippen molar-refractivity contribution in [2.45, 2.75) is 19.8 Å². The molecule has 0 bridgehead atoms. The summed E-state index contributed by atoms with van der Waals surface area (Å²) < 4.78 is 0. The van der Waals surface area contributed by atoms with Gasteiger partial charge in [0.25, 0.3) is 0 Å². The van der Waals surface area contributed by atoms with Crippen molar-refractivity contribution >= 4 is 17.5 Å². The first kappa shape index (κ1) is 11.1. The van der Waals surface area contributed by atoms with Crippen molar-refractivity contribution in [1.29, 1.82) is 0 Å². The van der Waals surface area contributed by atoms with Gasteiger partial charge in [0.05, 0.1) is 0 Å². The second kappa shape index (κ2) is 5.66. The van der Waals surface area contributed by atoms with Crippen LogP contribution in [0.4, 0.5) is 0 Å². The predicted molar refractivity (Wildman–Crippen MR) is 58.5 cm³/mol. The average Bonchev–Trinajstić information content (AvgIpc) is 2.15. The molecule has 0 heterocycles. The Morgan fingerprint density at radius 1 is 1.50 bits per heavy atom. The van der Waals surface area contributed by atoms with Crippen LogP contribution in [0.3, 0.4) is 0 Å². The summed E-state index contributed by atoms with van der Waals surface area (Å²) in [6.45, 7) is 2.60. The molecule has 76 valence electrons. The summed E-state index contributed by atoms with van der Waals surface area (Å²) in [5, 5.41) is 3.48. The van der Waals surface area contributed by atoms with Crippen LogP contribution in [-0.2, 0) is 11.2 Å². The van der Waals surface area contributed by atoms with Gasteiger partial charge < -0.3 is 5.32 Å². The van der Waals surface area contributed by atoms with Gasteiger partial charge in [-0.25, -0.2) is 0 Å². The van der Waals surface area contributed by atoms with Crippen LogP contribution in [0.2, 0.25) is 5.02 Å². The zero-order valence-electron chi connectivity index (χ0n) is 8.22. The first-order valence-corrected chi connectivity index (χ1v) is 5.11. The normalized spacial score (nSPS) is 9.86. The predicted octanol–water partition coefficient (Wildman–Crippen LogP) is 2.41. The number of rotatable bonds is 4. The van der Waals surface area contributed by atoms with Crippen molar-refractivity contribution in [2.24, 2.45) is 0 Å². The highest BCUT2D eigenvalue weighted by molar-refractivity contribution is 6.30. The molecule has 0 aliphatic carbocycles. The molecular weight excluding hydrogens is 198 g/mol. The number of nitrogens with one attached hydrogen (secondary N) is 1. The Balaban J connectivity index is 2.41. The number of halogens is 1. The molecule has 0 fully saturated rings. The van der Waals surface area contributed by atoms with Crippen molar-refractivity contribution in [3.8, 4) is 0 Å². The molecule has 0 radical (unpaired) electrons. The van der Waals surface area contributed by atoms with E-state index in [0.29, 0.717) is 13.0 Å². The van der Waals surface area contributed by atoms with Gasteiger partial charge in [-0.1, -0.05) is 23.7 Å². The Kier molecular flexibility index (Phi) is 4.47. The molecular formula is C11H14ClNO. The van der Waals surface area contributed by atoms with Crippen molar-refractivity contribution in [3.05, 3.63) is 34.9 Å². The summed E-state index contributed by atoms with van der Waals surface area (Å²) in [7, 11) is 0. The van der Waals surface area contributed by atoms with E-state index in [4.69, 9.17) is 11.6 Å². The summed E-state index contributed by atoms with van der Waals surface area (Å²) in [5.74, 6) is 0.0903. The lowest BCUT2D eigenvalue weighted by molar-refractivity contribution is -0.120. The van der Waals surface area contributed by atoms with Crippen molar-refractivity contribution in [1.82, 2.24) is 5.32 Å². The van der Waals surface area contributed by atoms with Gasteiger partial charge in [0.15, 0.2) is 0 Å². The number of hydrogen-bond acceptors (Lipinski definition) is 1. The molecule has 1 amide bonds. The van der Waals surface area contributed by atoms with Gasteiger partial charge in [0.1, 0.15) is 0 Å². The molecule has 0 saturated carbocycles. The van der Waals surface area contributed by atoms with Gasteiger partial charge in [-0.2, -0.15) is 0 Å². The molecule has 1 aromatic rings. The van der Waals surface area contributed by atoms with Gasteiger partial charge in [-0.05, 0) is 31.0 Å². The summed E-state index contributed by atoms with van der Waals surface area (Å²) in [4.78, 5) is 11.2. The summed E-state index contributed by atoms with van der Waals surface area (Å²) in [6, 6.07) is 7.60. The Labute approximate surface area is 89.3 Å². The molecule has 1 aromatic carbocycles. The minimum absolute atomic E-state index is 0.0903. The Morgan fingerprint density at radius 2 is 2.29 bits per heavy atom. The highest BCUT2D eigenvalue weighted by Gasteiger charge is 2.00. The number of benzene rings is 1. The monoisotopic (exact) mass is 211 g/mol. The second-order valence-corrected chi connectivity index (χ2v) is 3.52. The topological polar surface area (TPSA) is 29.1 Å². The van der Waals surface area contributed by atoms with Gasteiger partial charge in [0, 0.05) is 18.0 Å². The summed E-state index contributed by atoms with van der Waals surface area (Å²) >= 11 is 5.82. The van der Waals surface area contributed by atoms with E-state index in [1.165, 1.54) is 0 Å². The third-order valence-electron chi connectivity index (χ3n) is 1.90. The van der Waals surface area contributed by atoms with Gasteiger partial charge in [-0.3, -0.25) is 4.79 Å². The van der Waals surface area contributed by atoms with E-state index >= 15 is 0 Å². The molecule has 2 nitrogen and oxygen atoms in total. The molecule has 14 heavy (non-hydrogen) atoms. The fraction of sp³-hybridized carbons (Fsp3) is 0.364. The molecule has 0 saturated heterocycles. The SMILES string of the molecule is CCNC(=O)CCc1cccc(Cl)c1. The number of amides is 1. The largest absolute Gasteiger partial charge is 0.356 e. The highest BCUT2D eigenvalue weighted by Crippen LogP contribution is 2.11. The Hall–Kier alpha value is -1.02. The van der Waals surface area contributed by atoms with Crippen LogP contribution in [-0.4, -0.2) is 12.5 Å². The number of hydrogen-bond donors (Lipinski definition) is 1. The van der Waals surface area contributed by atoms with Crippen molar-refractivity contribution in [2.75, 3.05) is 6.54 Å². The zero-order valence-corrected chi connectivity index (χ0v) is 8.97. The van der Waals surface area contributed by atoms with Crippen LogP contribution in [0.1, 0.15) is 18.9 Å². The smallest absolute Gasteiger partial charge is 0.220 e. The van der Waals surface area contributed by atoms with Crippen LogP contribution >= 0.6 is 11.6 Å². The summed E-state index contributed by atoms with van der Waals surface area (Å²) in [5.41, 5.74) is 1.10. The summed E-state index contributed by atoms with van der Waals surface area (Å²) in [6.07, 6.45) is 1.26. The lowest BCUT2D eigenvalue weighted by Crippen LogP contribution is -2.22. The van der Waals surface area contributed by atoms with Crippen LogP contribution in [0, 0.1) is 0 Å². The van der Waals surface area contributed by atoms with Gasteiger partial charge in [0.2, 0.25) is 5.91 Å². The number of aryl methyl sites for hydroxylation is 1. The Morgan fingerprint density at radius 3 is 2.93 bits per heavy atom. The lowest BCUT2D eigenvalue weighted by atomic mass is 10.1. The van der Waals surface area contributed by atoms with E-state index in [2.05, 4.69) is 5.32 Å². The molecule has 0 aliphatic heterocycles. The highest BCUT2D eigenvalue weighted by atomic mass is 35.5. The van der Waals surface area contributed by atoms with Crippen molar-refractivity contribution < 1.29 is 4.79 Å². The molecule has 0 unspecified atom stereocenters. The van der Waals surface area contributed by atoms with Crippen molar-refractivity contribution in [3.63, 3.8) is 0 Å². The van der Waals surface area contributed by atoms with Crippen LogP contribution < -0.4 is 5.32 Å². The van der Waals surface area contributed by atoms with E-state index in [9.17, 15) is 4.79 Å². The molecule has 3 heteroatoms. The first-order chi connectivity index (χ1) is 6.72. The van der Waals surface area contributed by atoms with Crippen LogP contribution in [0.15, 0.2) is 24.3 Å². The third-order valence-corrected chi connectivity index (χ3v) is 2.14. The number of carbonyl (C=O) groups excluding carboxylic acids is 1. The van der Waals surface area contributed by atoms with Crippen LogP contribution in [0.25, 0.3) is 0 Å². The standard InChI is InChI=1S/C11H14ClNO/c1-2-13-11(14)7-6-9-4-3-5-10(12)8-9/h3-5,8H,2,6-7H2,1H3,(H,13,14). The van der Waals surface area contributed by atoms with E-state index < -0.39 is 0 Å². The molecule has 1 N–H and O–H groups in total. The average molecular weight is 212 g/mol. The Bertz CT molecular complexity index is 312. The maximum absolute atomic E-state index is 11.2. The van der Waals surface area contributed by atoms with Gasteiger partial charge >= 0.3 is 0 Å². The minimum Gasteiger partial charge on any atom is -0.356 e. The molecule has 1 rings (SSSR count). The van der Waals surface area contributed by atoms with Crippen LogP contribution in [0.5, 0.6) is 0 Å². The molecule has 0 spiro atoms. The fourth-order valence-corrected chi connectivity index (χ4v) is 1.45. The molecule has 0 aliphatic rings. The maximum atomic E-state index is 11.2. The van der Waals surface area contributed by atoms with E-state index in [-0.39, 0.29) is 5.91 Å². The molecule has 0 aromatic heterocycles. The number of carbonyl (C=O) groups is 1. The van der Waals surface area contributed by atoms with E-state index in [0.717, 1.165) is 17.0 Å². The van der Waals surface area contributed by atoms with Gasteiger partial charge in [-0.15, -0.1) is 0 Å². The first-order valence-electron chi connectivity index (χ1n) is 4.73. The molecule has 0 atom stereocenters. The third kappa shape index (κ3) is 3.79. The lowest BCUT2D eigenvalue weighted by Gasteiger charge is -2.02. The second-order valence-electron chi connectivity index (χ2n) is 3.08. The zero-order chi connectivity index (χ0) is 10.4. The van der Waals surface area contributed by atoms with E-state index in [1.807, 2.05) is 31.2 Å². The quantitative estimate of drug-likeness (QED) is 0.814. The fourth-order valence-electron chi connectivity index (χ4n) is 1.24. The minimum atomic E-state index is 0.0903.